The molecule has 0 aliphatic carbocycles. The molecule has 0 amide bonds. The Morgan fingerprint density at radius 3 is 2.31 bits per heavy atom. The Labute approximate surface area is 82.9 Å². The second kappa shape index (κ2) is 9.79. The maximum Gasteiger partial charge on any atom is 0.0692 e. The highest BCUT2D eigenvalue weighted by Crippen LogP contribution is 2.07. The van der Waals surface area contributed by atoms with Gasteiger partial charge in [0.15, 0.2) is 0 Å². The van der Waals surface area contributed by atoms with Crippen LogP contribution in [0.2, 0.25) is 0 Å². The van der Waals surface area contributed by atoms with E-state index in [1.54, 1.807) is 6.92 Å². The molecule has 0 spiro atoms. The molecule has 0 unspecified atom stereocenters. The lowest BCUT2D eigenvalue weighted by atomic mass is 10.1. The van der Waals surface area contributed by atoms with Crippen LogP contribution >= 0.6 is 0 Å². The number of hydrogen-bond donors (Lipinski definition) is 1. The average molecular weight is 184 g/mol. The van der Waals surface area contributed by atoms with E-state index in [-0.39, 0.29) is 6.10 Å². The normalized spacial score (nSPS) is 13.8. The predicted octanol–water partition coefficient (Wildman–Crippen LogP) is 3.67. The molecular weight excluding hydrogens is 160 g/mol. The number of rotatable bonds is 8. The van der Waals surface area contributed by atoms with Gasteiger partial charge in [-0.1, -0.05) is 51.2 Å². The Morgan fingerprint density at radius 2 is 1.69 bits per heavy atom. The Balaban J connectivity index is 2.99. The van der Waals surface area contributed by atoms with Gasteiger partial charge >= 0.3 is 0 Å². The van der Waals surface area contributed by atoms with Gasteiger partial charge in [-0.15, -0.1) is 0 Å². The van der Waals surface area contributed by atoms with Crippen molar-refractivity contribution in [1.29, 1.82) is 0 Å². The van der Waals surface area contributed by atoms with Gasteiger partial charge in [0.05, 0.1) is 6.10 Å². The highest BCUT2D eigenvalue weighted by atomic mass is 16.3. The molecule has 1 N–H and O–H groups in total. The second-order valence-electron chi connectivity index (χ2n) is 3.73. The van der Waals surface area contributed by atoms with E-state index in [4.69, 9.17) is 5.11 Å². The molecule has 0 saturated carbocycles. The fourth-order valence-corrected chi connectivity index (χ4v) is 1.34. The summed E-state index contributed by atoms with van der Waals surface area (Å²) in [4.78, 5) is 0. The Morgan fingerprint density at radius 1 is 1.08 bits per heavy atom. The molecule has 78 valence electrons. The quantitative estimate of drug-likeness (QED) is 0.451. The molecule has 0 aliphatic heterocycles. The molecular formula is C12H24O. The molecule has 0 bridgehead atoms. The van der Waals surface area contributed by atoms with Crippen LogP contribution in [0.1, 0.15) is 58.8 Å². The number of allylic oxidation sites excluding steroid dienone is 1. The van der Waals surface area contributed by atoms with Crippen molar-refractivity contribution < 1.29 is 5.11 Å². The van der Waals surface area contributed by atoms with E-state index in [0.29, 0.717) is 0 Å². The minimum Gasteiger partial charge on any atom is -0.389 e. The summed E-state index contributed by atoms with van der Waals surface area (Å²) in [5, 5.41) is 8.94. The Kier molecular flexibility index (Phi) is 9.56. The molecule has 0 saturated heterocycles. The molecule has 0 aromatic rings. The minimum absolute atomic E-state index is 0.278. The van der Waals surface area contributed by atoms with Gasteiger partial charge in [-0.25, -0.2) is 0 Å². The third kappa shape index (κ3) is 11.7. The SMILES string of the molecule is CCCCCCCC/C=C\[C@H](C)O. The molecule has 1 atom stereocenters. The van der Waals surface area contributed by atoms with Gasteiger partial charge in [-0.2, -0.15) is 0 Å². The Hall–Kier alpha value is -0.300. The highest BCUT2D eigenvalue weighted by Gasteiger charge is 1.88. The third-order valence-electron chi connectivity index (χ3n) is 2.14. The molecule has 13 heavy (non-hydrogen) atoms. The standard InChI is InChI=1S/C12H24O/c1-3-4-5-6-7-8-9-10-11-12(2)13/h10-13H,3-9H2,1-2H3/b11-10-/t12-/m0/s1. The summed E-state index contributed by atoms with van der Waals surface area (Å²) < 4.78 is 0. The average Bonchev–Trinajstić information content (AvgIpc) is 2.09. The van der Waals surface area contributed by atoms with Gasteiger partial charge < -0.3 is 5.11 Å². The zero-order valence-electron chi connectivity index (χ0n) is 9.13. The fourth-order valence-electron chi connectivity index (χ4n) is 1.34. The van der Waals surface area contributed by atoms with Crippen molar-refractivity contribution >= 4 is 0 Å². The van der Waals surface area contributed by atoms with Crippen LogP contribution in [0.3, 0.4) is 0 Å². The lowest BCUT2D eigenvalue weighted by molar-refractivity contribution is 0.244. The topological polar surface area (TPSA) is 20.2 Å². The van der Waals surface area contributed by atoms with Gasteiger partial charge in [0.25, 0.3) is 0 Å². The zero-order valence-corrected chi connectivity index (χ0v) is 9.13. The van der Waals surface area contributed by atoms with E-state index >= 15 is 0 Å². The second-order valence-corrected chi connectivity index (χ2v) is 3.73. The van der Waals surface area contributed by atoms with Gasteiger partial charge in [0, 0.05) is 0 Å². The molecule has 0 aromatic carbocycles. The summed E-state index contributed by atoms with van der Waals surface area (Å²) in [6.07, 6.45) is 12.9. The lowest BCUT2D eigenvalue weighted by Gasteiger charge is -1.98. The van der Waals surface area contributed by atoms with Crippen LogP contribution < -0.4 is 0 Å². The van der Waals surface area contributed by atoms with Crippen LogP contribution in [0.25, 0.3) is 0 Å². The van der Waals surface area contributed by atoms with Crippen molar-refractivity contribution in [3.05, 3.63) is 12.2 Å². The van der Waals surface area contributed by atoms with E-state index < -0.39 is 0 Å². The van der Waals surface area contributed by atoms with Crippen molar-refractivity contribution in [1.82, 2.24) is 0 Å². The maximum absolute atomic E-state index is 8.94. The van der Waals surface area contributed by atoms with E-state index in [1.165, 1.54) is 38.5 Å². The number of aliphatic hydroxyl groups is 1. The van der Waals surface area contributed by atoms with Crippen molar-refractivity contribution in [2.75, 3.05) is 0 Å². The van der Waals surface area contributed by atoms with Gasteiger partial charge in [-0.05, 0) is 19.8 Å². The minimum atomic E-state index is -0.278. The first kappa shape index (κ1) is 12.7. The first-order valence-corrected chi connectivity index (χ1v) is 5.62. The summed E-state index contributed by atoms with van der Waals surface area (Å²) in [6, 6.07) is 0. The molecule has 0 aliphatic rings. The van der Waals surface area contributed by atoms with Crippen LogP contribution in [-0.4, -0.2) is 11.2 Å². The third-order valence-corrected chi connectivity index (χ3v) is 2.14. The van der Waals surface area contributed by atoms with Crippen LogP contribution in [-0.2, 0) is 0 Å². The molecule has 0 rings (SSSR count). The zero-order chi connectivity index (χ0) is 9.94. The number of aliphatic hydroxyl groups excluding tert-OH is 1. The highest BCUT2D eigenvalue weighted by molar-refractivity contribution is 4.85. The molecule has 0 aromatic heterocycles. The molecule has 1 heteroatoms. The summed E-state index contributed by atoms with van der Waals surface area (Å²) in [5.41, 5.74) is 0. The predicted molar refractivity (Wildman–Crippen MR) is 58.8 cm³/mol. The van der Waals surface area contributed by atoms with Crippen LogP contribution in [0.15, 0.2) is 12.2 Å². The first-order valence-electron chi connectivity index (χ1n) is 5.62. The van der Waals surface area contributed by atoms with Crippen molar-refractivity contribution in [3.63, 3.8) is 0 Å². The largest absolute Gasteiger partial charge is 0.389 e. The summed E-state index contributed by atoms with van der Waals surface area (Å²) in [6.45, 7) is 4.03. The van der Waals surface area contributed by atoms with Gasteiger partial charge in [0.1, 0.15) is 0 Å². The number of hydrogen-bond acceptors (Lipinski definition) is 1. The Bertz CT molecular complexity index is 116. The van der Waals surface area contributed by atoms with Gasteiger partial charge in [0.2, 0.25) is 0 Å². The van der Waals surface area contributed by atoms with E-state index in [9.17, 15) is 0 Å². The molecule has 0 radical (unpaired) electrons. The van der Waals surface area contributed by atoms with Crippen molar-refractivity contribution in [3.8, 4) is 0 Å². The monoisotopic (exact) mass is 184 g/mol. The van der Waals surface area contributed by atoms with E-state index in [1.807, 2.05) is 6.08 Å². The molecule has 0 heterocycles. The molecule has 0 fully saturated rings. The summed E-state index contributed by atoms with van der Waals surface area (Å²) >= 11 is 0. The smallest absolute Gasteiger partial charge is 0.0692 e. The molecule has 1 nitrogen and oxygen atoms in total. The summed E-state index contributed by atoms with van der Waals surface area (Å²) in [7, 11) is 0. The van der Waals surface area contributed by atoms with Crippen molar-refractivity contribution in [2.24, 2.45) is 0 Å². The van der Waals surface area contributed by atoms with E-state index in [0.717, 1.165) is 6.42 Å². The van der Waals surface area contributed by atoms with Gasteiger partial charge in [-0.3, -0.25) is 0 Å². The van der Waals surface area contributed by atoms with Crippen molar-refractivity contribution in [2.45, 2.75) is 64.9 Å². The fraction of sp³-hybridized carbons (Fsp3) is 0.833. The van der Waals surface area contributed by atoms with E-state index in [2.05, 4.69) is 13.0 Å². The van der Waals surface area contributed by atoms with Crippen LogP contribution in [0.4, 0.5) is 0 Å². The van der Waals surface area contributed by atoms with Crippen LogP contribution in [0, 0.1) is 0 Å². The first-order chi connectivity index (χ1) is 6.27. The summed E-state index contributed by atoms with van der Waals surface area (Å²) in [5.74, 6) is 0. The number of unbranched alkanes of at least 4 members (excludes halogenated alkanes) is 6. The lowest BCUT2D eigenvalue weighted by Crippen LogP contribution is -1.91. The maximum atomic E-state index is 8.94. The van der Waals surface area contributed by atoms with Crippen LogP contribution in [0.5, 0.6) is 0 Å².